The molecule has 0 bridgehead atoms. The Kier molecular flexibility index (Phi) is 2.56. The van der Waals surface area contributed by atoms with Gasteiger partial charge in [-0.15, -0.1) is 0 Å². The molecular weight excluding hydrogens is 208 g/mol. The van der Waals surface area contributed by atoms with Crippen molar-refractivity contribution in [3.8, 4) is 11.5 Å². The van der Waals surface area contributed by atoms with E-state index in [1.165, 1.54) is 6.07 Å². The van der Waals surface area contributed by atoms with Crippen molar-refractivity contribution in [2.45, 2.75) is 6.10 Å². The van der Waals surface area contributed by atoms with Gasteiger partial charge in [-0.25, -0.2) is 0 Å². The molecule has 0 unspecified atom stereocenters. The van der Waals surface area contributed by atoms with E-state index in [9.17, 15) is 0 Å². The monoisotopic (exact) mass is 216 g/mol. The highest BCUT2D eigenvalue weighted by Gasteiger charge is 2.20. The highest BCUT2D eigenvalue weighted by Crippen LogP contribution is 2.31. The summed E-state index contributed by atoms with van der Waals surface area (Å²) in [6, 6.07) is 4.76. The molecule has 0 aliphatic carbocycles. The van der Waals surface area contributed by atoms with Crippen LogP contribution in [0.2, 0.25) is 5.02 Å². The zero-order valence-corrected chi connectivity index (χ0v) is 8.44. The first kappa shape index (κ1) is 9.03. The summed E-state index contributed by atoms with van der Waals surface area (Å²) >= 11 is 7.72. The maximum absolute atomic E-state index is 9.10. The fourth-order valence-electron chi connectivity index (χ4n) is 1.05. The Labute approximate surface area is 85.9 Å². The van der Waals surface area contributed by atoms with Gasteiger partial charge in [0.15, 0.2) is 0 Å². The predicted molar refractivity (Wildman–Crippen MR) is 54.9 cm³/mol. The van der Waals surface area contributed by atoms with E-state index in [2.05, 4.69) is 0 Å². The van der Waals surface area contributed by atoms with E-state index in [4.69, 9.17) is 21.4 Å². The van der Waals surface area contributed by atoms with Gasteiger partial charge in [-0.05, 0) is 12.1 Å². The first-order valence-corrected chi connectivity index (χ1v) is 5.52. The SMILES string of the molecule is Oc1ccc(OC2CSC2)c(Cl)c1. The Balaban J connectivity index is 2.10. The lowest BCUT2D eigenvalue weighted by Crippen LogP contribution is -2.31. The normalized spacial score (nSPS) is 16.7. The molecule has 70 valence electrons. The van der Waals surface area contributed by atoms with Crippen molar-refractivity contribution >= 4 is 23.4 Å². The topological polar surface area (TPSA) is 29.5 Å². The van der Waals surface area contributed by atoms with E-state index >= 15 is 0 Å². The fourth-order valence-corrected chi connectivity index (χ4v) is 1.83. The molecule has 0 spiro atoms. The average Bonchev–Trinajstić information content (AvgIpc) is 1.99. The van der Waals surface area contributed by atoms with Gasteiger partial charge in [-0.2, -0.15) is 11.8 Å². The molecule has 1 fully saturated rings. The number of phenolic OH excluding ortho intramolecular Hbond substituents is 1. The van der Waals surface area contributed by atoms with E-state index in [1.54, 1.807) is 12.1 Å². The average molecular weight is 217 g/mol. The van der Waals surface area contributed by atoms with Crippen LogP contribution >= 0.6 is 23.4 Å². The van der Waals surface area contributed by atoms with Crippen LogP contribution in [0.5, 0.6) is 11.5 Å². The molecule has 13 heavy (non-hydrogen) atoms. The number of hydrogen-bond donors (Lipinski definition) is 1. The fraction of sp³-hybridized carbons (Fsp3) is 0.333. The largest absolute Gasteiger partial charge is 0.508 e. The van der Waals surface area contributed by atoms with Gasteiger partial charge in [0.25, 0.3) is 0 Å². The summed E-state index contributed by atoms with van der Waals surface area (Å²) in [6.45, 7) is 0. The molecule has 2 rings (SSSR count). The van der Waals surface area contributed by atoms with Crippen LogP contribution in [0.25, 0.3) is 0 Å². The number of hydrogen-bond acceptors (Lipinski definition) is 3. The zero-order valence-electron chi connectivity index (χ0n) is 6.87. The van der Waals surface area contributed by atoms with Gasteiger partial charge < -0.3 is 9.84 Å². The summed E-state index contributed by atoms with van der Waals surface area (Å²) in [4.78, 5) is 0. The third-order valence-electron chi connectivity index (χ3n) is 1.82. The summed E-state index contributed by atoms with van der Waals surface area (Å²) in [6.07, 6.45) is 0.284. The number of benzene rings is 1. The van der Waals surface area contributed by atoms with Crippen LogP contribution in [0.15, 0.2) is 18.2 Å². The standard InChI is InChI=1S/C9H9ClO2S/c10-8-3-6(11)1-2-9(8)12-7-4-13-5-7/h1-3,7,11H,4-5H2. The number of ether oxygens (including phenoxy) is 1. The van der Waals surface area contributed by atoms with Crippen LogP contribution in [0.3, 0.4) is 0 Å². The minimum atomic E-state index is 0.167. The molecule has 1 aliphatic heterocycles. The second kappa shape index (κ2) is 3.68. The lowest BCUT2D eigenvalue weighted by molar-refractivity contribution is 0.240. The number of thioether (sulfide) groups is 1. The molecule has 0 radical (unpaired) electrons. The zero-order chi connectivity index (χ0) is 9.26. The van der Waals surface area contributed by atoms with Crippen molar-refractivity contribution in [2.75, 3.05) is 11.5 Å². The van der Waals surface area contributed by atoms with Gasteiger partial charge in [-0.3, -0.25) is 0 Å². The molecule has 1 N–H and O–H groups in total. The molecule has 1 aromatic carbocycles. The van der Waals surface area contributed by atoms with Gasteiger partial charge in [0.05, 0.1) is 5.02 Å². The minimum Gasteiger partial charge on any atom is -0.508 e. The van der Waals surface area contributed by atoms with Crippen molar-refractivity contribution in [1.82, 2.24) is 0 Å². The summed E-state index contributed by atoms with van der Waals surface area (Å²) in [5.41, 5.74) is 0. The Morgan fingerprint density at radius 1 is 1.46 bits per heavy atom. The van der Waals surface area contributed by atoms with Gasteiger partial charge >= 0.3 is 0 Å². The summed E-state index contributed by atoms with van der Waals surface area (Å²) in [5, 5.41) is 9.57. The van der Waals surface area contributed by atoms with Crippen molar-refractivity contribution in [3.05, 3.63) is 23.2 Å². The maximum atomic E-state index is 9.10. The first-order chi connectivity index (χ1) is 6.25. The van der Waals surface area contributed by atoms with E-state index in [0.717, 1.165) is 11.5 Å². The highest BCUT2D eigenvalue weighted by atomic mass is 35.5. The van der Waals surface area contributed by atoms with Crippen LogP contribution < -0.4 is 4.74 Å². The van der Waals surface area contributed by atoms with Crippen molar-refractivity contribution in [2.24, 2.45) is 0 Å². The molecule has 4 heteroatoms. The van der Waals surface area contributed by atoms with E-state index in [1.807, 2.05) is 11.8 Å². The Morgan fingerprint density at radius 2 is 2.23 bits per heavy atom. The Hall–Kier alpha value is -0.540. The second-order valence-corrected chi connectivity index (χ2v) is 4.37. The smallest absolute Gasteiger partial charge is 0.138 e. The quantitative estimate of drug-likeness (QED) is 0.824. The number of rotatable bonds is 2. The van der Waals surface area contributed by atoms with E-state index < -0.39 is 0 Å². The van der Waals surface area contributed by atoms with Crippen LogP contribution in [0.4, 0.5) is 0 Å². The Bertz CT molecular complexity index is 312. The van der Waals surface area contributed by atoms with Crippen LogP contribution in [-0.2, 0) is 0 Å². The molecule has 1 heterocycles. The summed E-state index contributed by atoms with van der Waals surface area (Å²) < 4.78 is 5.57. The molecule has 1 aromatic rings. The maximum Gasteiger partial charge on any atom is 0.138 e. The van der Waals surface area contributed by atoms with Crippen molar-refractivity contribution < 1.29 is 9.84 Å². The van der Waals surface area contributed by atoms with Crippen molar-refractivity contribution in [1.29, 1.82) is 0 Å². The molecule has 0 saturated carbocycles. The van der Waals surface area contributed by atoms with Crippen LogP contribution in [0, 0.1) is 0 Å². The molecule has 1 aliphatic rings. The van der Waals surface area contributed by atoms with Gasteiger partial charge in [0.1, 0.15) is 17.6 Å². The van der Waals surface area contributed by atoms with E-state index in [-0.39, 0.29) is 11.9 Å². The van der Waals surface area contributed by atoms with Crippen LogP contribution in [0.1, 0.15) is 0 Å². The first-order valence-electron chi connectivity index (χ1n) is 3.98. The number of phenols is 1. The minimum absolute atomic E-state index is 0.167. The molecule has 0 aromatic heterocycles. The summed E-state index contributed by atoms with van der Waals surface area (Å²) in [7, 11) is 0. The molecule has 0 atom stereocenters. The number of halogens is 1. The third-order valence-corrected chi connectivity index (χ3v) is 3.33. The van der Waals surface area contributed by atoms with Gasteiger partial charge in [-0.1, -0.05) is 11.6 Å². The summed E-state index contributed by atoms with van der Waals surface area (Å²) in [5.74, 6) is 2.87. The van der Waals surface area contributed by atoms with E-state index in [0.29, 0.717) is 10.8 Å². The molecular formula is C9H9ClO2S. The molecule has 0 amide bonds. The lowest BCUT2D eigenvalue weighted by Gasteiger charge is -2.26. The Morgan fingerprint density at radius 3 is 2.77 bits per heavy atom. The predicted octanol–water partition coefficient (Wildman–Crippen LogP) is 2.54. The third kappa shape index (κ3) is 2.03. The highest BCUT2D eigenvalue weighted by molar-refractivity contribution is 8.00. The van der Waals surface area contributed by atoms with Crippen molar-refractivity contribution in [3.63, 3.8) is 0 Å². The second-order valence-electron chi connectivity index (χ2n) is 2.89. The van der Waals surface area contributed by atoms with Gasteiger partial charge in [0, 0.05) is 17.6 Å². The lowest BCUT2D eigenvalue weighted by atomic mass is 10.3. The van der Waals surface area contributed by atoms with Gasteiger partial charge in [0.2, 0.25) is 0 Å². The molecule has 1 saturated heterocycles. The molecule has 2 nitrogen and oxygen atoms in total. The van der Waals surface area contributed by atoms with Crippen LogP contribution in [-0.4, -0.2) is 22.7 Å². The number of aromatic hydroxyl groups is 1.